The van der Waals surface area contributed by atoms with Crippen LogP contribution in [0, 0.1) is 0 Å². The van der Waals surface area contributed by atoms with Crippen LogP contribution >= 0.6 is 35.6 Å². The number of rotatable bonds is 7. The Morgan fingerprint density at radius 2 is 2.13 bits per heavy atom. The Morgan fingerprint density at radius 1 is 1.26 bits per heavy atom. The van der Waals surface area contributed by atoms with Crippen LogP contribution in [0.3, 0.4) is 0 Å². The number of hydrogen-bond donors (Lipinski definition) is 2. The van der Waals surface area contributed by atoms with E-state index in [0.29, 0.717) is 36.6 Å². The van der Waals surface area contributed by atoms with Crippen LogP contribution in [-0.2, 0) is 6.42 Å². The predicted molar refractivity (Wildman–Crippen MR) is 103 cm³/mol. The highest BCUT2D eigenvalue weighted by molar-refractivity contribution is 14.0. The molecule has 2 aromatic rings. The first-order valence-corrected chi connectivity index (χ1v) is 7.30. The summed E-state index contributed by atoms with van der Waals surface area (Å²) < 4.78 is 5.43. The molecule has 2 aromatic heterocycles. The van der Waals surface area contributed by atoms with Crippen LogP contribution in [-0.4, -0.2) is 35.6 Å². The van der Waals surface area contributed by atoms with Gasteiger partial charge < -0.3 is 15.8 Å². The highest BCUT2D eigenvalue weighted by Crippen LogP contribution is 2.10. The first-order valence-electron chi connectivity index (χ1n) is 6.92. The lowest BCUT2D eigenvalue weighted by atomic mass is 10.3. The normalized spacial score (nSPS) is 10.7. The molecular weight excluding hydrogens is 429 g/mol. The Morgan fingerprint density at radius 3 is 2.83 bits per heavy atom. The summed E-state index contributed by atoms with van der Waals surface area (Å²) in [7, 11) is 0. The second kappa shape index (κ2) is 11.0. The highest BCUT2D eigenvalue weighted by atomic mass is 127. The van der Waals surface area contributed by atoms with Gasteiger partial charge in [-0.2, -0.15) is 0 Å². The SMILES string of the molecule is I.NC(=NCCc1ccccn1)NCCOc1ccc(Cl)cn1. The van der Waals surface area contributed by atoms with Crippen molar-refractivity contribution in [2.45, 2.75) is 6.42 Å². The average molecular weight is 448 g/mol. The van der Waals surface area contributed by atoms with E-state index in [4.69, 9.17) is 22.1 Å². The van der Waals surface area contributed by atoms with Crippen molar-refractivity contribution >= 4 is 41.5 Å². The molecule has 23 heavy (non-hydrogen) atoms. The maximum absolute atomic E-state index is 5.77. The van der Waals surface area contributed by atoms with E-state index in [1.165, 1.54) is 6.20 Å². The molecule has 0 amide bonds. The number of guanidine groups is 1. The summed E-state index contributed by atoms with van der Waals surface area (Å²) in [6, 6.07) is 9.25. The van der Waals surface area contributed by atoms with Crippen LogP contribution < -0.4 is 15.8 Å². The van der Waals surface area contributed by atoms with Gasteiger partial charge in [-0.15, -0.1) is 24.0 Å². The van der Waals surface area contributed by atoms with Gasteiger partial charge in [0.05, 0.1) is 11.6 Å². The van der Waals surface area contributed by atoms with E-state index in [-0.39, 0.29) is 24.0 Å². The van der Waals surface area contributed by atoms with E-state index in [1.807, 2.05) is 18.2 Å². The summed E-state index contributed by atoms with van der Waals surface area (Å²) in [6.45, 7) is 1.57. The first-order chi connectivity index (χ1) is 10.7. The molecule has 0 fully saturated rings. The number of aromatic nitrogens is 2. The minimum absolute atomic E-state index is 0. The minimum atomic E-state index is 0. The lowest BCUT2D eigenvalue weighted by Crippen LogP contribution is -2.35. The van der Waals surface area contributed by atoms with Crippen molar-refractivity contribution in [3.63, 3.8) is 0 Å². The zero-order valence-corrected chi connectivity index (χ0v) is 15.6. The standard InChI is InChI=1S/C15H18ClN5O.HI/c16-12-4-5-14(21-11-12)22-10-9-20-15(17)19-8-6-13-3-1-2-7-18-13;/h1-5,7,11H,6,8-10H2,(H3,17,19,20);1H. The van der Waals surface area contributed by atoms with Gasteiger partial charge in [0, 0.05) is 37.1 Å². The Labute approximate surface area is 157 Å². The summed E-state index contributed by atoms with van der Waals surface area (Å²) in [6.07, 6.45) is 4.06. The molecule has 124 valence electrons. The van der Waals surface area contributed by atoms with Crippen LogP contribution in [0.1, 0.15) is 5.69 Å². The molecule has 0 unspecified atom stereocenters. The van der Waals surface area contributed by atoms with Gasteiger partial charge in [-0.05, 0) is 18.2 Å². The molecule has 0 aliphatic carbocycles. The molecule has 0 bridgehead atoms. The molecule has 3 N–H and O–H groups in total. The second-order valence-electron chi connectivity index (χ2n) is 4.43. The Hall–Kier alpha value is -1.61. The summed E-state index contributed by atoms with van der Waals surface area (Å²) in [5, 5.41) is 3.56. The molecule has 0 saturated heterocycles. The number of ether oxygens (including phenoxy) is 1. The van der Waals surface area contributed by atoms with E-state index in [0.717, 1.165) is 12.1 Å². The van der Waals surface area contributed by atoms with Gasteiger partial charge in [-0.3, -0.25) is 9.98 Å². The predicted octanol–water partition coefficient (Wildman–Crippen LogP) is 2.27. The fraction of sp³-hybridized carbons (Fsp3) is 0.267. The number of hydrogen-bond acceptors (Lipinski definition) is 4. The molecule has 2 heterocycles. The fourth-order valence-corrected chi connectivity index (χ4v) is 1.79. The molecule has 8 heteroatoms. The van der Waals surface area contributed by atoms with Gasteiger partial charge in [0.2, 0.25) is 5.88 Å². The van der Waals surface area contributed by atoms with Crippen LogP contribution in [0.15, 0.2) is 47.7 Å². The summed E-state index contributed by atoms with van der Waals surface area (Å²) in [5.41, 5.74) is 6.76. The zero-order chi connectivity index (χ0) is 15.6. The summed E-state index contributed by atoms with van der Waals surface area (Å²) in [4.78, 5) is 12.5. The Kier molecular flexibility index (Phi) is 9.30. The molecule has 0 aromatic carbocycles. The van der Waals surface area contributed by atoms with E-state index in [1.54, 1.807) is 18.3 Å². The number of pyridine rings is 2. The van der Waals surface area contributed by atoms with Crippen LogP contribution in [0.5, 0.6) is 5.88 Å². The van der Waals surface area contributed by atoms with E-state index in [2.05, 4.69) is 20.3 Å². The molecular formula is C15H19ClIN5O. The van der Waals surface area contributed by atoms with Crippen molar-refractivity contribution in [1.29, 1.82) is 0 Å². The van der Waals surface area contributed by atoms with Gasteiger partial charge in [0.15, 0.2) is 5.96 Å². The maximum Gasteiger partial charge on any atom is 0.213 e. The summed E-state index contributed by atoms with van der Waals surface area (Å²) in [5.74, 6) is 0.917. The number of nitrogens with zero attached hydrogens (tertiary/aromatic N) is 3. The van der Waals surface area contributed by atoms with Crippen LogP contribution in [0.4, 0.5) is 0 Å². The third-order valence-electron chi connectivity index (χ3n) is 2.73. The smallest absolute Gasteiger partial charge is 0.213 e. The monoisotopic (exact) mass is 447 g/mol. The highest BCUT2D eigenvalue weighted by Gasteiger charge is 1.97. The maximum atomic E-state index is 5.77. The van der Waals surface area contributed by atoms with E-state index in [9.17, 15) is 0 Å². The largest absolute Gasteiger partial charge is 0.476 e. The number of nitrogens with two attached hydrogens (primary N) is 1. The molecule has 6 nitrogen and oxygen atoms in total. The molecule has 0 atom stereocenters. The number of aliphatic imine (C=N–C) groups is 1. The lowest BCUT2D eigenvalue weighted by molar-refractivity contribution is 0.310. The van der Waals surface area contributed by atoms with Crippen molar-refractivity contribution in [3.05, 3.63) is 53.4 Å². The minimum Gasteiger partial charge on any atom is -0.476 e. The molecule has 0 saturated carbocycles. The molecule has 0 aliphatic heterocycles. The molecule has 0 radical (unpaired) electrons. The zero-order valence-electron chi connectivity index (χ0n) is 12.5. The fourth-order valence-electron chi connectivity index (χ4n) is 1.68. The third kappa shape index (κ3) is 7.98. The van der Waals surface area contributed by atoms with Crippen molar-refractivity contribution in [2.24, 2.45) is 10.7 Å². The first kappa shape index (κ1) is 19.4. The topological polar surface area (TPSA) is 85.4 Å². The van der Waals surface area contributed by atoms with Crippen molar-refractivity contribution < 1.29 is 4.74 Å². The van der Waals surface area contributed by atoms with Crippen LogP contribution in [0.2, 0.25) is 5.02 Å². The average Bonchev–Trinajstić information content (AvgIpc) is 2.54. The third-order valence-corrected chi connectivity index (χ3v) is 2.96. The van der Waals surface area contributed by atoms with Gasteiger partial charge >= 0.3 is 0 Å². The van der Waals surface area contributed by atoms with Crippen molar-refractivity contribution in [2.75, 3.05) is 19.7 Å². The van der Waals surface area contributed by atoms with Gasteiger partial charge in [0.1, 0.15) is 6.61 Å². The quantitative estimate of drug-likeness (QED) is 0.294. The van der Waals surface area contributed by atoms with E-state index < -0.39 is 0 Å². The van der Waals surface area contributed by atoms with E-state index >= 15 is 0 Å². The van der Waals surface area contributed by atoms with Gasteiger partial charge in [-0.25, -0.2) is 4.98 Å². The second-order valence-corrected chi connectivity index (χ2v) is 4.86. The number of nitrogens with one attached hydrogen (secondary N) is 1. The van der Waals surface area contributed by atoms with Gasteiger partial charge in [-0.1, -0.05) is 17.7 Å². The Bertz CT molecular complexity index is 595. The van der Waals surface area contributed by atoms with Crippen molar-refractivity contribution in [1.82, 2.24) is 15.3 Å². The number of halogens is 2. The molecule has 0 aliphatic rings. The van der Waals surface area contributed by atoms with Crippen molar-refractivity contribution in [3.8, 4) is 5.88 Å². The van der Waals surface area contributed by atoms with Gasteiger partial charge in [0.25, 0.3) is 0 Å². The lowest BCUT2D eigenvalue weighted by Gasteiger charge is -2.07. The van der Waals surface area contributed by atoms with Crippen LogP contribution in [0.25, 0.3) is 0 Å². The Balaban J connectivity index is 0.00000264. The molecule has 2 rings (SSSR count). The summed E-state index contributed by atoms with van der Waals surface area (Å²) >= 11 is 5.74. The molecule has 0 spiro atoms.